The van der Waals surface area contributed by atoms with Gasteiger partial charge < -0.3 is 5.73 Å². The topological polar surface area (TPSA) is 29.3 Å². The van der Waals surface area contributed by atoms with Crippen LogP contribution in [0.2, 0.25) is 0 Å². The molecular weight excluding hydrogens is 272 g/mol. The second-order valence-electron chi connectivity index (χ2n) is 4.05. The normalized spacial score (nSPS) is 23.2. The van der Waals surface area contributed by atoms with Crippen molar-refractivity contribution < 1.29 is 0 Å². The van der Waals surface area contributed by atoms with Crippen molar-refractivity contribution >= 4 is 27.3 Å². The van der Waals surface area contributed by atoms with Gasteiger partial charge in [0.05, 0.1) is 0 Å². The summed E-state index contributed by atoms with van der Waals surface area (Å²) in [7, 11) is 0. The van der Waals surface area contributed by atoms with Crippen molar-refractivity contribution in [3.05, 3.63) is 20.8 Å². The first-order valence-corrected chi connectivity index (χ1v) is 7.14. The smallest absolute Gasteiger partial charge is 0.0342 e. The summed E-state index contributed by atoms with van der Waals surface area (Å²) >= 11 is 5.41. The van der Waals surface area contributed by atoms with Gasteiger partial charge >= 0.3 is 0 Å². The fourth-order valence-corrected chi connectivity index (χ4v) is 3.66. The molecule has 1 unspecified atom stereocenters. The maximum atomic E-state index is 5.81. The first-order valence-electron chi connectivity index (χ1n) is 5.47. The average Bonchev–Trinajstić information content (AvgIpc) is 2.65. The fourth-order valence-electron chi connectivity index (χ4n) is 2.16. The van der Waals surface area contributed by atoms with Crippen molar-refractivity contribution in [3.8, 4) is 0 Å². The fraction of sp³-hybridized carbons (Fsp3) is 0.636. The number of nitrogens with zero attached hydrogens (tertiary/aromatic N) is 1. The highest BCUT2D eigenvalue weighted by Crippen LogP contribution is 2.27. The molecule has 0 aliphatic carbocycles. The van der Waals surface area contributed by atoms with Crippen molar-refractivity contribution in [2.45, 2.75) is 31.8 Å². The Kier molecular flexibility index (Phi) is 4.20. The Hall–Kier alpha value is 0.100. The van der Waals surface area contributed by atoms with Gasteiger partial charge in [-0.15, -0.1) is 11.3 Å². The molecular formula is C11H17BrN2S. The summed E-state index contributed by atoms with van der Waals surface area (Å²) in [5.41, 5.74) is 5.81. The Morgan fingerprint density at radius 3 is 3.07 bits per heavy atom. The highest BCUT2D eigenvalue weighted by atomic mass is 79.9. The van der Waals surface area contributed by atoms with E-state index in [1.54, 1.807) is 0 Å². The van der Waals surface area contributed by atoms with Gasteiger partial charge in [0, 0.05) is 28.5 Å². The Labute approximate surface area is 104 Å². The van der Waals surface area contributed by atoms with Gasteiger partial charge in [0.15, 0.2) is 0 Å². The van der Waals surface area contributed by atoms with Crippen molar-refractivity contribution in [1.29, 1.82) is 0 Å². The predicted octanol–water partition coefficient (Wildman–Crippen LogP) is 2.82. The molecule has 1 aromatic rings. The quantitative estimate of drug-likeness (QED) is 0.927. The van der Waals surface area contributed by atoms with E-state index in [4.69, 9.17) is 5.73 Å². The van der Waals surface area contributed by atoms with Crippen LogP contribution in [0.15, 0.2) is 15.9 Å². The molecule has 2 rings (SSSR count). The van der Waals surface area contributed by atoms with E-state index in [0.29, 0.717) is 6.04 Å². The van der Waals surface area contributed by atoms with Crippen LogP contribution >= 0.6 is 27.3 Å². The minimum absolute atomic E-state index is 0.591. The number of nitrogens with two attached hydrogens (primary N) is 1. The van der Waals surface area contributed by atoms with Crippen LogP contribution in [0.25, 0.3) is 0 Å². The molecule has 1 aliphatic heterocycles. The molecule has 1 saturated heterocycles. The van der Waals surface area contributed by atoms with E-state index in [9.17, 15) is 0 Å². The van der Waals surface area contributed by atoms with E-state index in [1.807, 2.05) is 11.3 Å². The zero-order chi connectivity index (χ0) is 10.7. The Morgan fingerprint density at radius 1 is 1.53 bits per heavy atom. The van der Waals surface area contributed by atoms with E-state index in [-0.39, 0.29) is 0 Å². The van der Waals surface area contributed by atoms with Crippen molar-refractivity contribution in [3.63, 3.8) is 0 Å². The Morgan fingerprint density at radius 2 is 2.40 bits per heavy atom. The second-order valence-corrected chi connectivity index (χ2v) is 5.90. The molecule has 0 saturated carbocycles. The third kappa shape index (κ3) is 2.81. The Bertz CT molecular complexity index is 313. The zero-order valence-electron chi connectivity index (χ0n) is 8.79. The van der Waals surface area contributed by atoms with Crippen LogP contribution in [0.5, 0.6) is 0 Å². The number of likely N-dealkylation sites (tertiary alicyclic amines) is 1. The lowest BCUT2D eigenvalue weighted by molar-refractivity contribution is 0.146. The number of halogens is 1. The average molecular weight is 289 g/mol. The van der Waals surface area contributed by atoms with Gasteiger partial charge in [0.1, 0.15) is 0 Å². The van der Waals surface area contributed by atoms with Gasteiger partial charge in [-0.3, -0.25) is 4.90 Å². The van der Waals surface area contributed by atoms with E-state index in [2.05, 4.69) is 32.3 Å². The summed E-state index contributed by atoms with van der Waals surface area (Å²) in [6.45, 7) is 3.05. The third-order valence-corrected chi connectivity index (χ3v) is 4.97. The number of hydrogen-bond acceptors (Lipinski definition) is 3. The molecule has 1 aromatic heterocycles. The van der Waals surface area contributed by atoms with Crippen LogP contribution in [-0.2, 0) is 6.54 Å². The van der Waals surface area contributed by atoms with Crippen LogP contribution in [0, 0.1) is 0 Å². The molecule has 0 bridgehead atoms. The summed E-state index contributed by atoms with van der Waals surface area (Å²) in [5.74, 6) is 0. The minimum atomic E-state index is 0.591. The minimum Gasteiger partial charge on any atom is -0.329 e. The number of hydrogen-bond donors (Lipinski definition) is 1. The lowest BCUT2D eigenvalue weighted by Crippen LogP contribution is -2.43. The van der Waals surface area contributed by atoms with Crippen LogP contribution in [0.1, 0.15) is 24.1 Å². The summed E-state index contributed by atoms with van der Waals surface area (Å²) in [4.78, 5) is 3.95. The monoisotopic (exact) mass is 288 g/mol. The summed E-state index contributed by atoms with van der Waals surface area (Å²) in [6.07, 6.45) is 3.92. The van der Waals surface area contributed by atoms with Crippen LogP contribution < -0.4 is 5.73 Å². The molecule has 2 heterocycles. The van der Waals surface area contributed by atoms with Crippen molar-refractivity contribution in [2.75, 3.05) is 13.1 Å². The molecule has 15 heavy (non-hydrogen) atoms. The molecule has 0 spiro atoms. The molecule has 84 valence electrons. The van der Waals surface area contributed by atoms with Crippen molar-refractivity contribution in [1.82, 2.24) is 4.90 Å². The molecule has 2 N–H and O–H groups in total. The lowest BCUT2D eigenvalue weighted by Gasteiger charge is -2.34. The molecule has 0 aromatic carbocycles. The van der Waals surface area contributed by atoms with Gasteiger partial charge in [0.2, 0.25) is 0 Å². The first-order chi connectivity index (χ1) is 7.31. The molecule has 1 fully saturated rings. The summed E-state index contributed by atoms with van der Waals surface area (Å²) in [6, 6.07) is 2.72. The van der Waals surface area contributed by atoms with Gasteiger partial charge in [0.25, 0.3) is 0 Å². The highest BCUT2D eigenvalue weighted by Gasteiger charge is 2.21. The van der Waals surface area contributed by atoms with Gasteiger partial charge in [-0.25, -0.2) is 0 Å². The third-order valence-electron chi connectivity index (χ3n) is 3.06. The Balaban J connectivity index is 2.00. The van der Waals surface area contributed by atoms with Crippen molar-refractivity contribution in [2.24, 2.45) is 5.73 Å². The maximum absolute atomic E-state index is 5.81. The van der Waals surface area contributed by atoms with Crippen LogP contribution in [-0.4, -0.2) is 24.0 Å². The number of rotatable bonds is 3. The van der Waals surface area contributed by atoms with Gasteiger partial charge in [-0.1, -0.05) is 6.42 Å². The van der Waals surface area contributed by atoms with Gasteiger partial charge in [-0.05, 0) is 46.8 Å². The van der Waals surface area contributed by atoms with E-state index in [0.717, 1.165) is 13.1 Å². The predicted molar refractivity (Wildman–Crippen MR) is 69.1 cm³/mol. The SMILES string of the molecule is NCC1CCCCN1Cc1sccc1Br. The summed E-state index contributed by atoms with van der Waals surface area (Å²) in [5, 5.41) is 2.14. The van der Waals surface area contributed by atoms with E-state index >= 15 is 0 Å². The maximum Gasteiger partial charge on any atom is 0.0342 e. The lowest BCUT2D eigenvalue weighted by atomic mass is 10.0. The molecule has 4 heteroatoms. The van der Waals surface area contributed by atoms with Crippen LogP contribution in [0.4, 0.5) is 0 Å². The molecule has 2 nitrogen and oxygen atoms in total. The first kappa shape index (κ1) is 11.6. The second kappa shape index (κ2) is 5.43. The largest absolute Gasteiger partial charge is 0.329 e. The van der Waals surface area contributed by atoms with E-state index in [1.165, 1.54) is 35.2 Å². The number of thiophene rings is 1. The molecule has 0 amide bonds. The number of piperidine rings is 1. The van der Waals surface area contributed by atoms with Gasteiger partial charge in [-0.2, -0.15) is 0 Å². The zero-order valence-corrected chi connectivity index (χ0v) is 11.2. The standard InChI is InChI=1S/C11H17BrN2S/c12-10-4-6-15-11(10)8-14-5-2-1-3-9(14)7-13/h4,6,9H,1-3,5,7-8,13H2. The molecule has 1 atom stereocenters. The summed E-state index contributed by atoms with van der Waals surface area (Å²) < 4.78 is 1.24. The molecule has 0 radical (unpaired) electrons. The molecule has 1 aliphatic rings. The van der Waals surface area contributed by atoms with E-state index < -0.39 is 0 Å². The highest BCUT2D eigenvalue weighted by molar-refractivity contribution is 9.10. The van der Waals surface area contributed by atoms with Crippen LogP contribution in [0.3, 0.4) is 0 Å².